The summed E-state index contributed by atoms with van der Waals surface area (Å²) in [4.78, 5) is 15.0. The molecule has 1 aromatic carbocycles. The standard InChI is InChI=1S/C12H12BrN3O2/c1-7(2)11-14-10(12(17)18)15-16(11)9-5-3-8(13)4-6-9/h3-7H,1-2H3,(H,17,18). The van der Waals surface area contributed by atoms with Crippen LogP contribution in [0.4, 0.5) is 0 Å². The van der Waals surface area contributed by atoms with Crippen molar-refractivity contribution in [3.8, 4) is 5.69 Å². The van der Waals surface area contributed by atoms with Crippen LogP contribution in [-0.4, -0.2) is 25.8 Å². The number of hydrogen-bond donors (Lipinski definition) is 1. The summed E-state index contributed by atoms with van der Waals surface area (Å²) in [5.74, 6) is -0.571. The number of carboxylic acids is 1. The molecule has 0 amide bonds. The summed E-state index contributed by atoms with van der Waals surface area (Å²) in [6.07, 6.45) is 0. The van der Waals surface area contributed by atoms with Gasteiger partial charge in [0.05, 0.1) is 5.69 Å². The van der Waals surface area contributed by atoms with Crippen LogP contribution in [0.3, 0.4) is 0 Å². The molecule has 1 N–H and O–H groups in total. The Morgan fingerprint density at radius 3 is 2.44 bits per heavy atom. The van der Waals surface area contributed by atoms with Crippen LogP contribution < -0.4 is 0 Å². The SMILES string of the molecule is CC(C)c1nc(C(=O)O)nn1-c1ccc(Br)cc1. The van der Waals surface area contributed by atoms with Gasteiger partial charge in [-0.3, -0.25) is 0 Å². The van der Waals surface area contributed by atoms with Gasteiger partial charge in [-0.25, -0.2) is 14.5 Å². The van der Waals surface area contributed by atoms with E-state index in [4.69, 9.17) is 5.11 Å². The van der Waals surface area contributed by atoms with Crippen LogP contribution in [0.2, 0.25) is 0 Å². The van der Waals surface area contributed by atoms with Crippen molar-refractivity contribution in [2.75, 3.05) is 0 Å². The predicted molar refractivity (Wildman–Crippen MR) is 70.1 cm³/mol. The van der Waals surface area contributed by atoms with E-state index in [9.17, 15) is 4.79 Å². The minimum atomic E-state index is -1.12. The minimum absolute atomic E-state index is 0.0919. The first kappa shape index (κ1) is 12.8. The van der Waals surface area contributed by atoms with Gasteiger partial charge in [0.25, 0.3) is 5.82 Å². The van der Waals surface area contributed by atoms with Gasteiger partial charge < -0.3 is 5.11 Å². The number of carbonyl (C=O) groups is 1. The predicted octanol–water partition coefficient (Wildman–Crippen LogP) is 2.85. The van der Waals surface area contributed by atoms with Gasteiger partial charge >= 0.3 is 5.97 Å². The number of aromatic nitrogens is 3. The summed E-state index contributed by atoms with van der Waals surface area (Å²) in [6.45, 7) is 3.90. The maximum Gasteiger partial charge on any atom is 0.375 e. The summed E-state index contributed by atoms with van der Waals surface area (Å²) in [5, 5.41) is 13.0. The summed E-state index contributed by atoms with van der Waals surface area (Å²) in [7, 11) is 0. The molecular formula is C12H12BrN3O2. The number of benzene rings is 1. The molecule has 0 aliphatic heterocycles. The number of rotatable bonds is 3. The van der Waals surface area contributed by atoms with Crippen LogP contribution in [0.15, 0.2) is 28.7 Å². The van der Waals surface area contributed by atoms with Crippen molar-refractivity contribution in [3.05, 3.63) is 40.4 Å². The molecule has 0 saturated heterocycles. The minimum Gasteiger partial charge on any atom is -0.475 e. The average Bonchev–Trinajstić information content (AvgIpc) is 2.75. The molecule has 0 spiro atoms. The maximum atomic E-state index is 10.9. The highest BCUT2D eigenvalue weighted by molar-refractivity contribution is 9.10. The van der Waals surface area contributed by atoms with Gasteiger partial charge in [-0.05, 0) is 24.3 Å². The maximum absolute atomic E-state index is 10.9. The lowest BCUT2D eigenvalue weighted by Gasteiger charge is -2.07. The second-order valence-electron chi connectivity index (χ2n) is 4.14. The van der Waals surface area contributed by atoms with Crippen LogP contribution in [0.1, 0.15) is 36.2 Å². The smallest absolute Gasteiger partial charge is 0.375 e. The van der Waals surface area contributed by atoms with E-state index in [1.165, 1.54) is 0 Å². The topological polar surface area (TPSA) is 68.0 Å². The fourth-order valence-electron chi connectivity index (χ4n) is 1.56. The molecule has 1 aromatic heterocycles. The molecule has 2 aromatic rings. The van der Waals surface area contributed by atoms with Gasteiger partial charge in [0.1, 0.15) is 5.82 Å². The number of nitrogens with zero attached hydrogens (tertiary/aromatic N) is 3. The molecule has 1 heterocycles. The Morgan fingerprint density at radius 2 is 1.94 bits per heavy atom. The molecule has 2 rings (SSSR count). The molecule has 0 fully saturated rings. The number of halogens is 1. The highest BCUT2D eigenvalue weighted by atomic mass is 79.9. The summed E-state index contributed by atoms with van der Waals surface area (Å²) in [5.41, 5.74) is 0.793. The highest BCUT2D eigenvalue weighted by Crippen LogP contribution is 2.19. The first-order valence-electron chi connectivity index (χ1n) is 5.45. The lowest BCUT2D eigenvalue weighted by Crippen LogP contribution is -2.04. The van der Waals surface area contributed by atoms with Crippen LogP contribution in [0.5, 0.6) is 0 Å². The third kappa shape index (κ3) is 2.43. The quantitative estimate of drug-likeness (QED) is 0.946. The Balaban J connectivity index is 2.54. The van der Waals surface area contributed by atoms with E-state index in [2.05, 4.69) is 26.0 Å². The second kappa shape index (κ2) is 4.89. The van der Waals surface area contributed by atoms with Gasteiger partial charge in [0.2, 0.25) is 0 Å². The van der Waals surface area contributed by atoms with Crippen molar-refractivity contribution in [1.29, 1.82) is 0 Å². The first-order chi connectivity index (χ1) is 8.49. The normalized spacial score (nSPS) is 10.9. The zero-order chi connectivity index (χ0) is 13.3. The molecule has 0 bridgehead atoms. The average molecular weight is 310 g/mol. The van der Waals surface area contributed by atoms with Crippen molar-refractivity contribution < 1.29 is 9.90 Å². The van der Waals surface area contributed by atoms with Crippen molar-refractivity contribution in [3.63, 3.8) is 0 Å². The van der Waals surface area contributed by atoms with E-state index < -0.39 is 5.97 Å². The monoisotopic (exact) mass is 309 g/mol. The molecule has 0 radical (unpaired) electrons. The van der Waals surface area contributed by atoms with Gasteiger partial charge in [0.15, 0.2) is 0 Å². The molecule has 5 nitrogen and oxygen atoms in total. The van der Waals surface area contributed by atoms with E-state index in [-0.39, 0.29) is 11.7 Å². The Kier molecular flexibility index (Phi) is 3.47. The summed E-state index contributed by atoms with van der Waals surface area (Å²) >= 11 is 3.35. The van der Waals surface area contributed by atoms with E-state index in [0.717, 1.165) is 10.2 Å². The lowest BCUT2D eigenvalue weighted by atomic mass is 10.2. The molecule has 18 heavy (non-hydrogen) atoms. The van der Waals surface area contributed by atoms with Crippen molar-refractivity contribution >= 4 is 21.9 Å². The zero-order valence-electron chi connectivity index (χ0n) is 9.96. The molecule has 0 saturated carbocycles. The Morgan fingerprint density at radius 1 is 1.33 bits per heavy atom. The fourth-order valence-corrected chi connectivity index (χ4v) is 1.83. The number of hydrogen-bond acceptors (Lipinski definition) is 3. The molecule has 0 aliphatic carbocycles. The Hall–Kier alpha value is -1.69. The van der Waals surface area contributed by atoms with E-state index in [1.54, 1.807) is 4.68 Å². The molecule has 0 aliphatic rings. The van der Waals surface area contributed by atoms with Gasteiger partial charge in [-0.15, -0.1) is 5.10 Å². The molecule has 0 unspecified atom stereocenters. The second-order valence-corrected chi connectivity index (χ2v) is 5.06. The van der Waals surface area contributed by atoms with Gasteiger partial charge in [-0.2, -0.15) is 0 Å². The lowest BCUT2D eigenvalue weighted by molar-refractivity contribution is 0.0683. The summed E-state index contributed by atoms with van der Waals surface area (Å²) < 4.78 is 2.52. The van der Waals surface area contributed by atoms with Crippen LogP contribution in [0, 0.1) is 0 Å². The zero-order valence-corrected chi connectivity index (χ0v) is 11.5. The van der Waals surface area contributed by atoms with Gasteiger partial charge in [-0.1, -0.05) is 29.8 Å². The van der Waals surface area contributed by atoms with Crippen molar-refractivity contribution in [2.45, 2.75) is 19.8 Å². The van der Waals surface area contributed by atoms with E-state index >= 15 is 0 Å². The largest absolute Gasteiger partial charge is 0.475 e. The first-order valence-corrected chi connectivity index (χ1v) is 6.24. The van der Waals surface area contributed by atoms with Crippen LogP contribution in [0.25, 0.3) is 5.69 Å². The van der Waals surface area contributed by atoms with Crippen LogP contribution in [-0.2, 0) is 0 Å². The van der Waals surface area contributed by atoms with Crippen molar-refractivity contribution in [2.24, 2.45) is 0 Å². The highest BCUT2D eigenvalue weighted by Gasteiger charge is 2.18. The van der Waals surface area contributed by atoms with E-state index in [1.807, 2.05) is 38.1 Å². The third-order valence-electron chi connectivity index (χ3n) is 2.41. The fraction of sp³-hybridized carbons (Fsp3) is 0.250. The number of carboxylic acid groups (broad SMARTS) is 1. The number of aromatic carboxylic acids is 1. The molecule has 6 heteroatoms. The van der Waals surface area contributed by atoms with Crippen LogP contribution >= 0.6 is 15.9 Å². The molecule has 94 valence electrons. The van der Waals surface area contributed by atoms with Crippen molar-refractivity contribution in [1.82, 2.24) is 14.8 Å². The molecular weight excluding hydrogens is 298 g/mol. The summed E-state index contributed by atoms with van der Waals surface area (Å²) in [6, 6.07) is 7.47. The Bertz CT molecular complexity index is 576. The Labute approximate surface area is 113 Å². The van der Waals surface area contributed by atoms with Gasteiger partial charge in [0, 0.05) is 10.4 Å². The van der Waals surface area contributed by atoms with E-state index in [0.29, 0.717) is 5.82 Å². The third-order valence-corrected chi connectivity index (χ3v) is 2.94. The molecule has 0 atom stereocenters.